The van der Waals surface area contributed by atoms with Gasteiger partial charge in [0.05, 0.1) is 11.1 Å². The number of carbonyl (C=O) groups excluding carboxylic acids is 2. The number of nitrogens with one attached hydrogen (secondary N) is 1. The third-order valence-corrected chi connectivity index (χ3v) is 4.99. The summed E-state index contributed by atoms with van der Waals surface area (Å²) in [5.41, 5.74) is 1.07. The average molecular weight is 444 g/mol. The first-order chi connectivity index (χ1) is 14.3. The molecule has 0 aliphatic rings. The molecular formula is C23H38ClNO5. The number of unbranched alkanes of at least 4 members (excludes halogenated alkanes) is 9. The fourth-order valence-corrected chi connectivity index (χ4v) is 3.41. The number of hydrogen-bond donors (Lipinski definition) is 1. The zero-order valence-corrected chi connectivity index (χ0v) is 19.7. The van der Waals surface area contributed by atoms with E-state index < -0.39 is 18.4 Å². The molecule has 0 amide bonds. The lowest BCUT2D eigenvalue weighted by Crippen LogP contribution is -2.24. The maximum atomic E-state index is 12.3. The molecule has 1 heterocycles. The van der Waals surface area contributed by atoms with Gasteiger partial charge in [-0.2, -0.15) is 0 Å². The molecule has 1 aromatic heterocycles. The maximum absolute atomic E-state index is 12.3. The molecule has 172 valence electrons. The number of esters is 1. The van der Waals surface area contributed by atoms with E-state index in [4.69, 9.17) is 25.8 Å². The predicted octanol–water partition coefficient (Wildman–Crippen LogP) is 7.20. The van der Waals surface area contributed by atoms with Gasteiger partial charge >= 0.3 is 12.1 Å². The van der Waals surface area contributed by atoms with Gasteiger partial charge in [-0.05, 0) is 32.8 Å². The van der Waals surface area contributed by atoms with Gasteiger partial charge in [0, 0.05) is 12.6 Å². The maximum Gasteiger partial charge on any atom is 0.511 e. The minimum Gasteiger partial charge on any atom is -0.431 e. The fourth-order valence-electron chi connectivity index (χ4n) is 3.16. The Kier molecular flexibility index (Phi) is 13.3. The normalized spacial score (nSPS) is 12.1. The second kappa shape index (κ2) is 15.2. The molecule has 1 N–H and O–H groups in total. The third-order valence-electron chi connectivity index (χ3n) is 4.70. The SMILES string of the molecule is CCCCCCCCCCCCc1cc(Cl)c(C(=O)OC(C)OC(=O)OC(C)C)[nH]1. The largest absolute Gasteiger partial charge is 0.511 e. The van der Waals surface area contributed by atoms with Gasteiger partial charge in [-0.25, -0.2) is 9.59 Å². The highest BCUT2D eigenvalue weighted by atomic mass is 35.5. The van der Waals surface area contributed by atoms with Gasteiger partial charge in [0.2, 0.25) is 6.29 Å². The molecule has 0 radical (unpaired) electrons. The van der Waals surface area contributed by atoms with Gasteiger partial charge < -0.3 is 19.2 Å². The van der Waals surface area contributed by atoms with Crippen LogP contribution >= 0.6 is 11.6 Å². The minimum absolute atomic E-state index is 0.173. The molecule has 0 aliphatic heterocycles. The molecule has 0 spiro atoms. The quantitative estimate of drug-likeness (QED) is 0.176. The van der Waals surface area contributed by atoms with Crippen LogP contribution in [0.1, 0.15) is 108 Å². The summed E-state index contributed by atoms with van der Waals surface area (Å²) in [6.45, 7) is 7.09. The van der Waals surface area contributed by atoms with E-state index in [-0.39, 0.29) is 11.8 Å². The standard InChI is InChI=1S/C23H38ClNO5/c1-5-6-7-8-9-10-11-12-13-14-15-19-16-20(24)21(25-19)22(26)29-18(4)30-23(27)28-17(2)3/h16-18,25H,5-15H2,1-4H3. The van der Waals surface area contributed by atoms with Gasteiger partial charge in [-0.3, -0.25) is 0 Å². The summed E-state index contributed by atoms with van der Waals surface area (Å²) in [6.07, 6.45) is 11.3. The summed E-state index contributed by atoms with van der Waals surface area (Å²) >= 11 is 6.17. The number of aryl methyl sites for hydroxylation is 1. The summed E-state index contributed by atoms with van der Waals surface area (Å²) in [5.74, 6) is -0.667. The second-order valence-corrected chi connectivity index (χ2v) is 8.36. The molecule has 30 heavy (non-hydrogen) atoms. The number of carbonyl (C=O) groups is 2. The molecule has 1 unspecified atom stereocenters. The van der Waals surface area contributed by atoms with Crippen LogP contribution in [0.15, 0.2) is 6.07 Å². The van der Waals surface area contributed by atoms with Crippen molar-refractivity contribution in [2.24, 2.45) is 0 Å². The molecule has 1 atom stereocenters. The number of ether oxygens (including phenoxy) is 3. The first-order valence-electron chi connectivity index (χ1n) is 11.3. The van der Waals surface area contributed by atoms with E-state index >= 15 is 0 Å². The number of aromatic nitrogens is 1. The number of H-pyrrole nitrogens is 1. The zero-order valence-electron chi connectivity index (χ0n) is 18.9. The van der Waals surface area contributed by atoms with Crippen molar-refractivity contribution in [3.05, 3.63) is 22.5 Å². The van der Waals surface area contributed by atoms with E-state index in [9.17, 15) is 9.59 Å². The Morgan fingerprint density at radius 1 is 0.900 bits per heavy atom. The third kappa shape index (κ3) is 11.5. The lowest BCUT2D eigenvalue weighted by Gasteiger charge is -2.14. The second-order valence-electron chi connectivity index (χ2n) is 7.96. The van der Waals surface area contributed by atoms with Crippen LogP contribution in [-0.2, 0) is 20.6 Å². The summed E-state index contributed by atoms with van der Waals surface area (Å²) in [7, 11) is 0. The molecule has 0 saturated heterocycles. The topological polar surface area (TPSA) is 77.6 Å². The number of rotatable bonds is 15. The van der Waals surface area contributed by atoms with E-state index in [1.807, 2.05) is 0 Å². The highest BCUT2D eigenvalue weighted by Crippen LogP contribution is 2.21. The van der Waals surface area contributed by atoms with E-state index in [1.165, 1.54) is 58.3 Å². The summed E-state index contributed by atoms with van der Waals surface area (Å²) in [6, 6.07) is 1.75. The lowest BCUT2D eigenvalue weighted by atomic mass is 10.1. The van der Waals surface area contributed by atoms with Crippen LogP contribution in [0.3, 0.4) is 0 Å². The van der Waals surface area contributed by atoms with E-state index in [1.54, 1.807) is 19.9 Å². The van der Waals surface area contributed by atoms with Crippen LogP contribution < -0.4 is 0 Å². The zero-order chi connectivity index (χ0) is 22.4. The van der Waals surface area contributed by atoms with Gasteiger partial charge in [0.1, 0.15) is 5.69 Å². The van der Waals surface area contributed by atoms with E-state index in [2.05, 4.69) is 11.9 Å². The molecule has 0 bridgehead atoms. The lowest BCUT2D eigenvalue weighted by molar-refractivity contribution is -0.0868. The number of aromatic amines is 1. The van der Waals surface area contributed by atoms with Crippen LogP contribution in [0.25, 0.3) is 0 Å². The monoisotopic (exact) mass is 443 g/mol. The van der Waals surface area contributed by atoms with Gasteiger partial charge in [-0.1, -0.05) is 76.3 Å². The summed E-state index contributed by atoms with van der Waals surface area (Å²) in [5, 5.41) is 0.305. The number of halogens is 1. The smallest absolute Gasteiger partial charge is 0.431 e. The predicted molar refractivity (Wildman–Crippen MR) is 119 cm³/mol. The highest BCUT2D eigenvalue weighted by molar-refractivity contribution is 6.33. The van der Waals surface area contributed by atoms with Crippen LogP contribution in [0, 0.1) is 0 Å². The van der Waals surface area contributed by atoms with Gasteiger partial charge in [0.25, 0.3) is 0 Å². The van der Waals surface area contributed by atoms with E-state index in [0.29, 0.717) is 5.02 Å². The molecule has 0 saturated carbocycles. The molecule has 1 aromatic rings. The summed E-state index contributed by atoms with van der Waals surface area (Å²) in [4.78, 5) is 26.7. The molecule has 0 aliphatic carbocycles. The van der Waals surface area contributed by atoms with Crippen molar-refractivity contribution in [2.75, 3.05) is 0 Å². The molecule has 0 aromatic carbocycles. The van der Waals surface area contributed by atoms with Crippen LogP contribution in [-0.4, -0.2) is 29.5 Å². The minimum atomic E-state index is -1.08. The average Bonchev–Trinajstić information content (AvgIpc) is 3.03. The Morgan fingerprint density at radius 2 is 1.47 bits per heavy atom. The molecule has 7 heteroatoms. The van der Waals surface area contributed by atoms with Crippen molar-refractivity contribution < 1.29 is 23.8 Å². The molecular weight excluding hydrogens is 406 g/mol. The fraction of sp³-hybridized carbons (Fsp3) is 0.739. The Hall–Kier alpha value is -1.69. The highest BCUT2D eigenvalue weighted by Gasteiger charge is 2.21. The Morgan fingerprint density at radius 3 is 2.03 bits per heavy atom. The van der Waals surface area contributed by atoms with Crippen LogP contribution in [0.4, 0.5) is 4.79 Å². The Balaban J connectivity index is 2.27. The van der Waals surface area contributed by atoms with Crippen molar-refractivity contribution in [2.45, 2.75) is 111 Å². The Labute approximate surface area is 186 Å². The molecule has 1 rings (SSSR count). The molecule has 0 fully saturated rings. The first kappa shape index (κ1) is 26.3. The number of hydrogen-bond acceptors (Lipinski definition) is 5. The van der Waals surface area contributed by atoms with Crippen LogP contribution in [0.2, 0.25) is 5.02 Å². The van der Waals surface area contributed by atoms with Crippen molar-refractivity contribution in [3.63, 3.8) is 0 Å². The van der Waals surface area contributed by atoms with Crippen LogP contribution in [0.5, 0.6) is 0 Å². The van der Waals surface area contributed by atoms with Crippen molar-refractivity contribution in [1.82, 2.24) is 4.98 Å². The van der Waals surface area contributed by atoms with Crippen molar-refractivity contribution in [3.8, 4) is 0 Å². The van der Waals surface area contributed by atoms with E-state index in [0.717, 1.165) is 25.0 Å². The first-order valence-corrected chi connectivity index (χ1v) is 11.7. The Bertz CT molecular complexity index is 629. The van der Waals surface area contributed by atoms with Gasteiger partial charge in [-0.15, -0.1) is 0 Å². The van der Waals surface area contributed by atoms with Crippen molar-refractivity contribution >= 4 is 23.7 Å². The van der Waals surface area contributed by atoms with Gasteiger partial charge in [0.15, 0.2) is 0 Å². The summed E-state index contributed by atoms with van der Waals surface area (Å²) < 4.78 is 14.8. The molecule has 6 nitrogen and oxygen atoms in total. The van der Waals surface area contributed by atoms with Crippen molar-refractivity contribution in [1.29, 1.82) is 0 Å².